The van der Waals surface area contributed by atoms with Gasteiger partial charge in [0.1, 0.15) is 5.01 Å². The highest BCUT2D eigenvalue weighted by atomic mass is 32.1. The van der Waals surface area contributed by atoms with E-state index in [0.29, 0.717) is 0 Å². The number of nitrogen functional groups attached to an aromatic ring is 1. The van der Waals surface area contributed by atoms with Crippen molar-refractivity contribution in [2.24, 2.45) is 0 Å². The van der Waals surface area contributed by atoms with Crippen molar-refractivity contribution in [2.45, 2.75) is 13.3 Å². The Bertz CT molecular complexity index is 652. The van der Waals surface area contributed by atoms with E-state index in [1.54, 1.807) is 15.9 Å². The molecule has 0 amide bonds. The van der Waals surface area contributed by atoms with Gasteiger partial charge < -0.3 is 5.73 Å². The maximum absolute atomic E-state index is 5.65. The van der Waals surface area contributed by atoms with Gasteiger partial charge in [-0.05, 0) is 24.6 Å². The van der Waals surface area contributed by atoms with E-state index in [-0.39, 0.29) is 0 Å². The monoisotopic (exact) mass is 245 g/mol. The molecule has 17 heavy (non-hydrogen) atoms. The Hall–Kier alpha value is -1.95. The highest BCUT2D eigenvalue weighted by Crippen LogP contribution is 2.17. The summed E-state index contributed by atoms with van der Waals surface area (Å²) in [6, 6.07) is 7.84. The summed E-state index contributed by atoms with van der Waals surface area (Å²) < 4.78 is 1.78. The molecular weight excluding hydrogens is 234 g/mol. The SMILES string of the molecule is Cc1nnc2sc(Cc3ccc(N)cc3)nn12. The van der Waals surface area contributed by atoms with Gasteiger partial charge in [-0.1, -0.05) is 23.5 Å². The van der Waals surface area contributed by atoms with Crippen LogP contribution in [0.15, 0.2) is 24.3 Å². The van der Waals surface area contributed by atoms with Gasteiger partial charge in [-0.2, -0.15) is 9.61 Å². The van der Waals surface area contributed by atoms with E-state index in [9.17, 15) is 0 Å². The van der Waals surface area contributed by atoms with Crippen LogP contribution in [0.4, 0.5) is 5.69 Å². The zero-order chi connectivity index (χ0) is 11.8. The van der Waals surface area contributed by atoms with Crippen molar-refractivity contribution in [3.8, 4) is 0 Å². The number of fused-ring (bicyclic) bond motifs is 1. The average Bonchev–Trinajstić information content (AvgIpc) is 2.85. The largest absolute Gasteiger partial charge is 0.399 e. The summed E-state index contributed by atoms with van der Waals surface area (Å²) in [5, 5.41) is 13.5. The van der Waals surface area contributed by atoms with Gasteiger partial charge in [0.05, 0.1) is 0 Å². The number of nitrogens with two attached hydrogens (primary N) is 1. The molecule has 5 nitrogen and oxygen atoms in total. The zero-order valence-corrected chi connectivity index (χ0v) is 10.1. The van der Waals surface area contributed by atoms with Gasteiger partial charge in [0.2, 0.25) is 4.96 Å². The first-order chi connectivity index (χ1) is 8.22. The number of anilines is 1. The number of aryl methyl sites for hydroxylation is 1. The minimum absolute atomic E-state index is 0.780. The van der Waals surface area contributed by atoms with E-state index < -0.39 is 0 Å². The van der Waals surface area contributed by atoms with Crippen LogP contribution in [0, 0.1) is 6.92 Å². The van der Waals surface area contributed by atoms with Crippen LogP contribution in [0.25, 0.3) is 4.96 Å². The Balaban J connectivity index is 1.91. The number of benzene rings is 1. The molecule has 0 fully saturated rings. The molecule has 0 spiro atoms. The second-order valence-corrected chi connectivity index (χ2v) is 4.90. The quantitative estimate of drug-likeness (QED) is 0.697. The molecule has 2 aromatic heterocycles. The predicted octanol–water partition coefficient (Wildman–Crippen LogP) is 1.67. The lowest BCUT2D eigenvalue weighted by Crippen LogP contribution is -1.93. The van der Waals surface area contributed by atoms with Crippen LogP contribution in [0.1, 0.15) is 16.4 Å². The number of hydrogen-bond donors (Lipinski definition) is 1. The van der Waals surface area contributed by atoms with Gasteiger partial charge in [0, 0.05) is 12.1 Å². The van der Waals surface area contributed by atoms with Gasteiger partial charge in [0.25, 0.3) is 0 Å². The van der Waals surface area contributed by atoms with Crippen LogP contribution in [-0.2, 0) is 6.42 Å². The smallest absolute Gasteiger partial charge is 0.234 e. The molecule has 0 aliphatic carbocycles. The Morgan fingerprint density at radius 1 is 1.24 bits per heavy atom. The Labute approximate surface area is 102 Å². The van der Waals surface area contributed by atoms with Gasteiger partial charge in [-0.15, -0.1) is 10.2 Å². The van der Waals surface area contributed by atoms with Crippen molar-refractivity contribution in [2.75, 3.05) is 5.73 Å². The summed E-state index contributed by atoms with van der Waals surface area (Å²) in [6.07, 6.45) is 0.799. The molecule has 0 aliphatic rings. The lowest BCUT2D eigenvalue weighted by molar-refractivity contribution is 0.864. The second-order valence-electron chi connectivity index (χ2n) is 3.86. The summed E-state index contributed by atoms with van der Waals surface area (Å²) in [7, 11) is 0. The van der Waals surface area contributed by atoms with Crippen molar-refractivity contribution < 1.29 is 0 Å². The lowest BCUT2D eigenvalue weighted by Gasteiger charge is -1.97. The molecule has 2 heterocycles. The fourth-order valence-electron chi connectivity index (χ4n) is 1.64. The van der Waals surface area contributed by atoms with E-state index in [1.807, 2.05) is 31.2 Å². The molecule has 3 aromatic rings. The highest BCUT2D eigenvalue weighted by Gasteiger charge is 2.08. The molecule has 0 atom stereocenters. The van der Waals surface area contributed by atoms with E-state index in [0.717, 1.165) is 27.9 Å². The Kier molecular flexibility index (Phi) is 2.29. The van der Waals surface area contributed by atoms with Crippen LogP contribution in [0.3, 0.4) is 0 Å². The topological polar surface area (TPSA) is 69.1 Å². The molecule has 0 unspecified atom stereocenters. The minimum atomic E-state index is 0.780. The third-order valence-corrected chi connectivity index (χ3v) is 3.42. The van der Waals surface area contributed by atoms with Crippen LogP contribution in [0.2, 0.25) is 0 Å². The van der Waals surface area contributed by atoms with Crippen LogP contribution < -0.4 is 5.73 Å². The van der Waals surface area contributed by atoms with Gasteiger partial charge in [-0.3, -0.25) is 0 Å². The summed E-state index contributed by atoms with van der Waals surface area (Å²) in [6.45, 7) is 1.90. The standard InChI is InChI=1S/C11H11N5S/c1-7-13-14-11-16(7)15-10(17-11)6-8-2-4-9(12)5-3-8/h2-5H,6,12H2,1H3. The highest BCUT2D eigenvalue weighted by molar-refractivity contribution is 7.16. The lowest BCUT2D eigenvalue weighted by atomic mass is 10.1. The fraction of sp³-hybridized carbons (Fsp3) is 0.182. The van der Waals surface area contributed by atoms with Crippen LogP contribution in [-0.4, -0.2) is 19.8 Å². The van der Waals surface area contributed by atoms with Crippen molar-refractivity contribution in [3.05, 3.63) is 40.7 Å². The van der Waals surface area contributed by atoms with Crippen molar-refractivity contribution >= 4 is 22.0 Å². The van der Waals surface area contributed by atoms with Crippen LogP contribution >= 0.6 is 11.3 Å². The molecule has 0 saturated carbocycles. The molecule has 2 N–H and O–H groups in total. The summed E-state index contributed by atoms with van der Waals surface area (Å²) in [5.74, 6) is 0.819. The molecular formula is C11H11N5S. The summed E-state index contributed by atoms with van der Waals surface area (Å²) in [4.78, 5) is 0.841. The van der Waals surface area contributed by atoms with Gasteiger partial charge >= 0.3 is 0 Å². The van der Waals surface area contributed by atoms with E-state index >= 15 is 0 Å². The molecule has 86 valence electrons. The van der Waals surface area contributed by atoms with E-state index in [2.05, 4.69) is 15.3 Å². The number of rotatable bonds is 2. The third kappa shape index (κ3) is 1.87. The van der Waals surface area contributed by atoms with E-state index in [1.165, 1.54) is 5.56 Å². The number of aromatic nitrogens is 4. The molecule has 0 aliphatic heterocycles. The summed E-state index contributed by atoms with van der Waals surface area (Å²) >= 11 is 1.56. The molecule has 6 heteroatoms. The normalized spacial score (nSPS) is 11.1. The maximum Gasteiger partial charge on any atom is 0.234 e. The molecule has 3 rings (SSSR count). The average molecular weight is 245 g/mol. The van der Waals surface area contributed by atoms with Crippen molar-refractivity contribution in [3.63, 3.8) is 0 Å². The first kappa shape index (κ1) is 10.2. The Morgan fingerprint density at radius 3 is 2.71 bits per heavy atom. The van der Waals surface area contributed by atoms with Crippen LogP contribution in [0.5, 0.6) is 0 Å². The fourth-order valence-corrected chi connectivity index (χ4v) is 2.55. The Morgan fingerprint density at radius 2 is 2.00 bits per heavy atom. The van der Waals surface area contributed by atoms with Crippen molar-refractivity contribution in [1.82, 2.24) is 19.8 Å². The molecule has 0 saturated heterocycles. The predicted molar refractivity (Wildman–Crippen MR) is 67.1 cm³/mol. The van der Waals surface area contributed by atoms with Gasteiger partial charge in [-0.25, -0.2) is 0 Å². The van der Waals surface area contributed by atoms with Gasteiger partial charge in [0.15, 0.2) is 5.82 Å². The summed E-state index contributed by atoms with van der Waals surface area (Å²) in [5.41, 5.74) is 7.63. The van der Waals surface area contributed by atoms with E-state index in [4.69, 9.17) is 5.73 Å². The first-order valence-corrected chi connectivity index (χ1v) is 6.06. The minimum Gasteiger partial charge on any atom is -0.399 e. The molecule has 0 radical (unpaired) electrons. The first-order valence-electron chi connectivity index (χ1n) is 5.24. The third-order valence-electron chi connectivity index (χ3n) is 2.52. The van der Waals surface area contributed by atoms with Crippen molar-refractivity contribution in [1.29, 1.82) is 0 Å². The second kappa shape index (κ2) is 3.81. The zero-order valence-electron chi connectivity index (χ0n) is 9.29. The molecule has 0 bridgehead atoms. The number of nitrogens with zero attached hydrogens (tertiary/aromatic N) is 4. The number of hydrogen-bond acceptors (Lipinski definition) is 5. The maximum atomic E-state index is 5.65. The molecule has 1 aromatic carbocycles.